The SMILES string of the molecule is CNCCNS(=O)(=O)c1cc(Cl)ccc1OCC1CCC1.Cl. The van der Waals surface area contributed by atoms with Gasteiger partial charge in [-0.3, -0.25) is 0 Å². The van der Waals surface area contributed by atoms with Crippen LogP contribution in [0.4, 0.5) is 0 Å². The van der Waals surface area contributed by atoms with Crippen LogP contribution < -0.4 is 14.8 Å². The largest absolute Gasteiger partial charge is 0.492 e. The van der Waals surface area contributed by atoms with Gasteiger partial charge < -0.3 is 10.1 Å². The van der Waals surface area contributed by atoms with E-state index < -0.39 is 10.0 Å². The Labute approximate surface area is 143 Å². The van der Waals surface area contributed by atoms with Gasteiger partial charge >= 0.3 is 0 Å². The third kappa shape index (κ3) is 5.28. The number of benzene rings is 1. The van der Waals surface area contributed by atoms with E-state index >= 15 is 0 Å². The molecule has 0 unspecified atom stereocenters. The number of likely N-dealkylation sites (N-methyl/N-ethyl adjacent to an activating group) is 1. The molecule has 0 radical (unpaired) electrons. The summed E-state index contributed by atoms with van der Waals surface area (Å²) in [5, 5.41) is 3.26. The van der Waals surface area contributed by atoms with Gasteiger partial charge in [-0.25, -0.2) is 13.1 Å². The molecule has 1 saturated carbocycles. The highest BCUT2D eigenvalue weighted by Gasteiger charge is 2.22. The summed E-state index contributed by atoms with van der Waals surface area (Å²) in [6.45, 7) is 1.42. The molecule has 0 aromatic heterocycles. The molecule has 1 fully saturated rings. The molecule has 0 saturated heterocycles. The van der Waals surface area contributed by atoms with Crippen LogP contribution in [-0.4, -0.2) is 35.2 Å². The maximum absolute atomic E-state index is 12.3. The molecule has 22 heavy (non-hydrogen) atoms. The molecule has 126 valence electrons. The van der Waals surface area contributed by atoms with E-state index in [0.29, 0.717) is 36.4 Å². The van der Waals surface area contributed by atoms with Crippen LogP contribution in [0, 0.1) is 5.92 Å². The fourth-order valence-corrected chi connectivity index (χ4v) is 3.50. The molecule has 0 spiro atoms. The minimum absolute atomic E-state index is 0. The molecule has 0 heterocycles. The van der Waals surface area contributed by atoms with E-state index in [1.165, 1.54) is 12.5 Å². The van der Waals surface area contributed by atoms with E-state index in [1.54, 1.807) is 19.2 Å². The molecule has 1 aromatic rings. The van der Waals surface area contributed by atoms with Crippen molar-refractivity contribution < 1.29 is 13.2 Å². The lowest BCUT2D eigenvalue weighted by Gasteiger charge is -2.25. The predicted octanol–water partition coefficient (Wildman–Crippen LogP) is 2.44. The van der Waals surface area contributed by atoms with E-state index in [2.05, 4.69) is 10.0 Å². The standard InChI is InChI=1S/C14H21ClN2O3S.ClH/c1-16-7-8-17-21(18,19)14-9-12(15)5-6-13(14)20-10-11-3-2-4-11;/h5-6,9,11,16-17H,2-4,7-8,10H2,1H3;1H. The summed E-state index contributed by atoms with van der Waals surface area (Å²) in [6, 6.07) is 4.69. The second-order valence-corrected chi connectivity index (χ2v) is 7.37. The number of halogens is 2. The summed E-state index contributed by atoms with van der Waals surface area (Å²) in [6.07, 6.45) is 3.53. The maximum Gasteiger partial charge on any atom is 0.244 e. The van der Waals surface area contributed by atoms with Gasteiger partial charge in [0.05, 0.1) is 6.61 Å². The second kappa shape index (κ2) is 8.93. The Morgan fingerprint density at radius 1 is 1.32 bits per heavy atom. The average Bonchev–Trinajstić information content (AvgIpc) is 2.38. The number of hydrogen-bond acceptors (Lipinski definition) is 4. The molecule has 8 heteroatoms. The van der Waals surface area contributed by atoms with Crippen molar-refractivity contribution in [2.45, 2.75) is 24.2 Å². The third-order valence-electron chi connectivity index (χ3n) is 3.56. The quantitative estimate of drug-likeness (QED) is 0.691. The Kier molecular flexibility index (Phi) is 7.93. The first kappa shape index (κ1) is 19.5. The molecule has 5 nitrogen and oxygen atoms in total. The van der Waals surface area contributed by atoms with Crippen molar-refractivity contribution in [1.82, 2.24) is 10.0 Å². The second-order valence-electron chi connectivity index (χ2n) is 5.20. The Balaban J connectivity index is 0.00000242. The molecule has 1 aliphatic rings. The van der Waals surface area contributed by atoms with Crippen LogP contribution in [-0.2, 0) is 10.0 Å². The highest BCUT2D eigenvalue weighted by molar-refractivity contribution is 7.89. The molecule has 2 rings (SSSR count). The molecule has 0 atom stereocenters. The maximum atomic E-state index is 12.3. The smallest absolute Gasteiger partial charge is 0.244 e. The number of hydrogen-bond donors (Lipinski definition) is 2. The zero-order chi connectivity index (χ0) is 15.3. The monoisotopic (exact) mass is 368 g/mol. The van der Waals surface area contributed by atoms with Gasteiger partial charge in [0.25, 0.3) is 0 Å². The third-order valence-corrected chi connectivity index (χ3v) is 5.28. The van der Waals surface area contributed by atoms with E-state index in [0.717, 1.165) is 12.8 Å². The van der Waals surface area contributed by atoms with Crippen molar-refractivity contribution in [2.24, 2.45) is 5.92 Å². The molecule has 1 aromatic carbocycles. The number of sulfonamides is 1. The molecular weight excluding hydrogens is 347 g/mol. The highest BCUT2D eigenvalue weighted by Crippen LogP contribution is 2.31. The van der Waals surface area contributed by atoms with Gasteiger partial charge in [-0.2, -0.15) is 0 Å². The summed E-state index contributed by atoms with van der Waals surface area (Å²) in [4.78, 5) is 0.102. The zero-order valence-electron chi connectivity index (χ0n) is 12.5. The van der Waals surface area contributed by atoms with Crippen LogP contribution in [0.25, 0.3) is 0 Å². The minimum atomic E-state index is -3.62. The topological polar surface area (TPSA) is 67.4 Å². The van der Waals surface area contributed by atoms with Gasteiger partial charge in [-0.05, 0) is 44.0 Å². The van der Waals surface area contributed by atoms with Crippen LogP contribution in [0.1, 0.15) is 19.3 Å². The molecule has 0 bridgehead atoms. The van der Waals surface area contributed by atoms with Crippen molar-refractivity contribution in [3.05, 3.63) is 23.2 Å². The number of nitrogens with one attached hydrogen (secondary N) is 2. The van der Waals surface area contributed by atoms with Crippen LogP contribution in [0.5, 0.6) is 5.75 Å². The fraction of sp³-hybridized carbons (Fsp3) is 0.571. The van der Waals surface area contributed by atoms with Crippen molar-refractivity contribution >= 4 is 34.0 Å². The summed E-state index contributed by atoms with van der Waals surface area (Å²) in [5.41, 5.74) is 0. The van der Waals surface area contributed by atoms with Crippen molar-refractivity contribution in [3.8, 4) is 5.75 Å². The number of ether oxygens (including phenoxy) is 1. The van der Waals surface area contributed by atoms with Gasteiger partial charge in [-0.1, -0.05) is 18.0 Å². The summed E-state index contributed by atoms with van der Waals surface area (Å²) in [5.74, 6) is 0.900. The summed E-state index contributed by atoms with van der Waals surface area (Å²) >= 11 is 5.93. The minimum Gasteiger partial charge on any atom is -0.492 e. The Bertz CT molecular complexity index is 577. The van der Waals surface area contributed by atoms with Gasteiger partial charge in [0.2, 0.25) is 10.0 Å². The molecule has 1 aliphatic carbocycles. The van der Waals surface area contributed by atoms with Gasteiger partial charge in [0.1, 0.15) is 10.6 Å². The Morgan fingerprint density at radius 3 is 2.64 bits per heavy atom. The van der Waals surface area contributed by atoms with Crippen molar-refractivity contribution in [1.29, 1.82) is 0 Å². The zero-order valence-corrected chi connectivity index (χ0v) is 14.9. The lowest BCUT2D eigenvalue weighted by atomic mass is 9.86. The van der Waals surface area contributed by atoms with Gasteiger partial charge in [0.15, 0.2) is 0 Å². The van der Waals surface area contributed by atoms with Gasteiger partial charge in [-0.15, -0.1) is 12.4 Å². The van der Waals surface area contributed by atoms with E-state index in [1.807, 2.05) is 0 Å². The lowest BCUT2D eigenvalue weighted by molar-refractivity contribution is 0.177. The summed E-state index contributed by atoms with van der Waals surface area (Å²) < 4.78 is 32.9. The average molecular weight is 369 g/mol. The van der Waals surface area contributed by atoms with Crippen LogP contribution >= 0.6 is 24.0 Å². The Morgan fingerprint density at radius 2 is 2.05 bits per heavy atom. The van der Waals surface area contributed by atoms with E-state index in [9.17, 15) is 8.42 Å². The lowest BCUT2D eigenvalue weighted by Crippen LogP contribution is -2.31. The summed E-state index contributed by atoms with van der Waals surface area (Å²) in [7, 11) is -1.86. The van der Waals surface area contributed by atoms with Crippen molar-refractivity contribution in [2.75, 3.05) is 26.7 Å². The van der Waals surface area contributed by atoms with Crippen LogP contribution in [0.2, 0.25) is 5.02 Å². The normalized spacial score (nSPS) is 15.0. The van der Waals surface area contributed by atoms with Crippen molar-refractivity contribution in [3.63, 3.8) is 0 Å². The van der Waals surface area contributed by atoms with Gasteiger partial charge in [0, 0.05) is 18.1 Å². The predicted molar refractivity (Wildman–Crippen MR) is 90.7 cm³/mol. The van der Waals surface area contributed by atoms with Crippen LogP contribution in [0.15, 0.2) is 23.1 Å². The molecule has 0 aliphatic heterocycles. The van der Waals surface area contributed by atoms with Crippen LogP contribution in [0.3, 0.4) is 0 Å². The van der Waals surface area contributed by atoms with E-state index in [-0.39, 0.29) is 17.3 Å². The molecular formula is C14H22Cl2N2O3S. The first-order valence-electron chi connectivity index (χ1n) is 7.09. The van der Waals surface area contributed by atoms with E-state index in [4.69, 9.17) is 16.3 Å². The Hall–Kier alpha value is -0.530. The molecule has 2 N–H and O–H groups in total. The first-order valence-corrected chi connectivity index (χ1v) is 8.95. The fourth-order valence-electron chi connectivity index (χ4n) is 2.07. The first-order chi connectivity index (χ1) is 10.0. The molecule has 0 amide bonds. The highest BCUT2D eigenvalue weighted by atomic mass is 35.5. The number of rotatable bonds is 8.